The smallest absolute Gasteiger partial charge is 0.363 e. The molecule has 0 saturated heterocycles. The Morgan fingerprint density at radius 2 is 2.10 bits per heavy atom. The van der Waals surface area contributed by atoms with Crippen LogP contribution in [-0.4, -0.2) is 45.2 Å². The molecule has 0 bridgehead atoms. The average Bonchev–Trinajstić information content (AvgIpc) is 2.00. The maximum atomic E-state index is 10.4. The molecule has 0 aliphatic carbocycles. The van der Waals surface area contributed by atoms with Crippen molar-refractivity contribution < 1.29 is 24.2 Å². The van der Waals surface area contributed by atoms with E-state index in [9.17, 15) is 9.59 Å². The summed E-state index contributed by atoms with van der Waals surface area (Å²) in [5.74, 6) is -2.19. The van der Waals surface area contributed by atoms with E-state index < -0.39 is 24.5 Å². The molecule has 0 saturated carbocycles. The van der Waals surface area contributed by atoms with E-state index >= 15 is 0 Å². The maximum Gasteiger partial charge on any atom is 0.363 e. The van der Waals surface area contributed by atoms with E-state index in [2.05, 4.69) is 4.43 Å². The Morgan fingerprint density at radius 3 is 2.40 bits per heavy atom. The second-order valence-electron chi connectivity index (χ2n) is 1.55. The molecule has 0 spiro atoms. The monoisotopic (exact) mass is 164 g/mol. The Balaban J connectivity index is 3.95. The average molecular weight is 164 g/mol. The Kier molecular flexibility index (Phi) is 3.85. The molecule has 0 aromatic rings. The third-order valence-electron chi connectivity index (χ3n) is 0.862. The number of carbonyl (C=O) groups excluding carboxylic acids is 2. The molecule has 1 unspecified atom stereocenters. The Hall–Kier alpha value is -0.723. The van der Waals surface area contributed by atoms with Gasteiger partial charge in [-0.25, -0.2) is 4.79 Å². The molecule has 0 aliphatic rings. The van der Waals surface area contributed by atoms with E-state index in [-0.39, 0.29) is 10.5 Å². The molecular weight excluding hydrogens is 156 g/mol. The Bertz CT molecular complexity index is 145. The van der Waals surface area contributed by atoms with Gasteiger partial charge in [0.2, 0.25) is 10.5 Å². The number of hydrogen-bond donors (Lipinski definition) is 2. The van der Waals surface area contributed by atoms with Gasteiger partial charge in [-0.05, 0) is 0 Å². The summed E-state index contributed by atoms with van der Waals surface area (Å²) >= 11 is 0. The lowest BCUT2D eigenvalue weighted by Crippen LogP contribution is -2.32. The van der Waals surface area contributed by atoms with Crippen molar-refractivity contribution in [3.8, 4) is 0 Å². The lowest BCUT2D eigenvalue weighted by atomic mass is 10.2. The van der Waals surface area contributed by atoms with E-state index in [4.69, 9.17) is 10.2 Å². The molecule has 2 N–H and O–H groups in total. The SMILES string of the molecule is O=C(O[SiH3])C(=O)C(O)CO. The lowest BCUT2D eigenvalue weighted by molar-refractivity contribution is -0.152. The third-order valence-corrected chi connectivity index (χ3v) is 1.23. The zero-order valence-electron chi connectivity index (χ0n) is 5.40. The van der Waals surface area contributed by atoms with E-state index in [0.717, 1.165) is 0 Å². The lowest BCUT2D eigenvalue weighted by Gasteiger charge is -2.02. The summed E-state index contributed by atoms with van der Waals surface area (Å²) in [7, 11) is 0.106. The van der Waals surface area contributed by atoms with Gasteiger partial charge >= 0.3 is 5.97 Å². The normalized spacial score (nSPS) is 12.6. The minimum atomic E-state index is -1.64. The second kappa shape index (κ2) is 4.15. The highest BCUT2D eigenvalue weighted by molar-refractivity contribution is 6.38. The summed E-state index contributed by atoms with van der Waals surface area (Å²) in [6.07, 6.45) is -1.64. The second-order valence-corrected chi connectivity index (χ2v) is 1.96. The fourth-order valence-corrected chi connectivity index (χ4v) is 0.521. The predicted molar refractivity (Wildman–Crippen MR) is 34.1 cm³/mol. The van der Waals surface area contributed by atoms with Gasteiger partial charge in [-0.1, -0.05) is 0 Å². The minimum absolute atomic E-state index is 0.106. The predicted octanol–water partition coefficient (Wildman–Crippen LogP) is -3.27. The highest BCUT2D eigenvalue weighted by Gasteiger charge is 2.21. The molecule has 10 heavy (non-hydrogen) atoms. The van der Waals surface area contributed by atoms with Gasteiger partial charge in [-0.3, -0.25) is 4.79 Å². The summed E-state index contributed by atoms with van der Waals surface area (Å²) in [4.78, 5) is 20.7. The first kappa shape index (κ1) is 9.28. The molecule has 0 heterocycles. The van der Waals surface area contributed by atoms with Gasteiger partial charge in [0.25, 0.3) is 5.78 Å². The summed E-state index contributed by atoms with van der Waals surface area (Å²) in [5, 5.41) is 16.7. The summed E-state index contributed by atoms with van der Waals surface area (Å²) in [6, 6.07) is 0. The van der Waals surface area contributed by atoms with Crippen LogP contribution in [0, 0.1) is 0 Å². The van der Waals surface area contributed by atoms with E-state index in [1.807, 2.05) is 0 Å². The fourth-order valence-electron chi connectivity index (χ4n) is 0.320. The van der Waals surface area contributed by atoms with Gasteiger partial charge in [0.15, 0.2) is 0 Å². The van der Waals surface area contributed by atoms with Crippen molar-refractivity contribution in [3.05, 3.63) is 0 Å². The van der Waals surface area contributed by atoms with Crippen LogP contribution in [0.25, 0.3) is 0 Å². The molecular formula is C4H8O5Si. The molecule has 0 amide bonds. The molecule has 0 radical (unpaired) electrons. The topological polar surface area (TPSA) is 83.8 Å². The fraction of sp³-hybridized carbons (Fsp3) is 0.500. The first-order valence-electron chi connectivity index (χ1n) is 2.54. The van der Waals surface area contributed by atoms with E-state index in [1.54, 1.807) is 0 Å². The van der Waals surface area contributed by atoms with Crippen molar-refractivity contribution in [1.82, 2.24) is 0 Å². The minimum Gasteiger partial charge on any atom is -0.523 e. The van der Waals surface area contributed by atoms with Crippen LogP contribution < -0.4 is 0 Å². The molecule has 0 rings (SSSR count). The molecule has 0 aliphatic heterocycles. The molecule has 0 fully saturated rings. The molecule has 0 aromatic heterocycles. The zero-order valence-corrected chi connectivity index (χ0v) is 7.40. The Labute approximate surface area is 60.2 Å². The van der Waals surface area contributed by atoms with Crippen LogP contribution in [0.15, 0.2) is 0 Å². The number of ketones is 1. The first-order valence-corrected chi connectivity index (χ1v) is 3.36. The van der Waals surface area contributed by atoms with Gasteiger partial charge in [-0.2, -0.15) is 0 Å². The van der Waals surface area contributed by atoms with Crippen molar-refractivity contribution in [1.29, 1.82) is 0 Å². The zero-order chi connectivity index (χ0) is 8.15. The van der Waals surface area contributed by atoms with E-state index in [0.29, 0.717) is 0 Å². The van der Waals surface area contributed by atoms with Crippen LogP contribution in [0.5, 0.6) is 0 Å². The number of Topliss-reactive ketones (excluding diaryl/α,β-unsaturated/α-hetero) is 1. The largest absolute Gasteiger partial charge is 0.523 e. The van der Waals surface area contributed by atoms with Crippen LogP contribution in [0.1, 0.15) is 0 Å². The summed E-state index contributed by atoms with van der Waals surface area (Å²) in [6.45, 7) is -0.754. The molecule has 58 valence electrons. The van der Waals surface area contributed by atoms with E-state index in [1.165, 1.54) is 0 Å². The van der Waals surface area contributed by atoms with Crippen molar-refractivity contribution >= 4 is 22.2 Å². The highest BCUT2D eigenvalue weighted by Crippen LogP contribution is 1.86. The molecule has 1 atom stereocenters. The van der Waals surface area contributed by atoms with Crippen molar-refractivity contribution in [3.63, 3.8) is 0 Å². The van der Waals surface area contributed by atoms with Gasteiger partial charge in [-0.15, -0.1) is 0 Å². The number of aliphatic hydroxyl groups excluding tert-OH is 2. The molecule has 6 heteroatoms. The standard InChI is InChI=1S/C4H8O5Si/c5-1-2(6)3(7)4(8)9-10/h2,5-6H,1H2,10H3. The molecule has 0 aromatic carbocycles. The Morgan fingerprint density at radius 1 is 1.60 bits per heavy atom. The maximum absolute atomic E-state index is 10.4. The van der Waals surface area contributed by atoms with Crippen molar-refractivity contribution in [2.75, 3.05) is 6.61 Å². The van der Waals surface area contributed by atoms with Crippen LogP contribution >= 0.6 is 0 Å². The van der Waals surface area contributed by atoms with Gasteiger partial charge < -0.3 is 14.6 Å². The van der Waals surface area contributed by atoms with Crippen LogP contribution in [-0.2, 0) is 14.0 Å². The third kappa shape index (κ3) is 2.25. The van der Waals surface area contributed by atoms with Gasteiger partial charge in [0.1, 0.15) is 6.10 Å². The number of carbonyl (C=O) groups is 2. The summed E-state index contributed by atoms with van der Waals surface area (Å²) < 4.78 is 4.11. The van der Waals surface area contributed by atoms with Crippen molar-refractivity contribution in [2.24, 2.45) is 0 Å². The van der Waals surface area contributed by atoms with Crippen LogP contribution in [0.4, 0.5) is 0 Å². The van der Waals surface area contributed by atoms with Gasteiger partial charge in [0.05, 0.1) is 6.61 Å². The quantitative estimate of drug-likeness (QED) is 0.338. The summed E-state index contributed by atoms with van der Waals surface area (Å²) in [5.41, 5.74) is 0. The molecule has 5 nitrogen and oxygen atoms in total. The van der Waals surface area contributed by atoms with Crippen LogP contribution in [0.2, 0.25) is 0 Å². The first-order chi connectivity index (χ1) is 4.63. The number of hydrogen-bond acceptors (Lipinski definition) is 5. The van der Waals surface area contributed by atoms with Crippen molar-refractivity contribution in [2.45, 2.75) is 6.10 Å². The van der Waals surface area contributed by atoms with Gasteiger partial charge in [0, 0.05) is 0 Å². The van der Waals surface area contributed by atoms with Crippen LogP contribution in [0.3, 0.4) is 0 Å². The number of rotatable bonds is 3. The number of aliphatic hydroxyl groups is 2. The highest BCUT2D eigenvalue weighted by atomic mass is 28.2.